The van der Waals surface area contributed by atoms with E-state index in [0.717, 1.165) is 29.7 Å². The van der Waals surface area contributed by atoms with Crippen LogP contribution in [0.4, 0.5) is 11.4 Å². The number of ether oxygens (including phenoxy) is 1. The first-order chi connectivity index (χ1) is 19.0. The van der Waals surface area contributed by atoms with Crippen LogP contribution in [-0.2, 0) is 11.3 Å². The molecular formula is C34H39N3O2. The summed E-state index contributed by atoms with van der Waals surface area (Å²) in [6.45, 7) is 4.00. The highest BCUT2D eigenvalue weighted by molar-refractivity contribution is 5.97. The van der Waals surface area contributed by atoms with Gasteiger partial charge in [-0.15, -0.1) is 0 Å². The Labute approximate surface area is 232 Å². The Morgan fingerprint density at radius 1 is 0.923 bits per heavy atom. The third-order valence-corrected chi connectivity index (χ3v) is 7.79. The molecule has 0 amide bonds. The molecule has 39 heavy (non-hydrogen) atoms. The van der Waals surface area contributed by atoms with Crippen LogP contribution in [0.25, 0.3) is 22.0 Å². The number of fused-ring (bicyclic) bond motifs is 1. The monoisotopic (exact) mass is 521 g/mol. The van der Waals surface area contributed by atoms with Crippen molar-refractivity contribution in [2.24, 2.45) is 5.92 Å². The van der Waals surface area contributed by atoms with Crippen molar-refractivity contribution >= 4 is 28.2 Å². The lowest BCUT2D eigenvalue weighted by Gasteiger charge is -2.32. The molecule has 0 atom stereocenters. The molecule has 1 aliphatic rings. The largest absolute Gasteiger partial charge is 0.462 e. The van der Waals surface area contributed by atoms with E-state index >= 15 is 0 Å². The van der Waals surface area contributed by atoms with E-state index in [1.165, 1.54) is 54.5 Å². The molecular weight excluding hydrogens is 482 g/mol. The number of hydrogen-bond donors (Lipinski definition) is 0. The van der Waals surface area contributed by atoms with E-state index < -0.39 is 0 Å². The Bertz CT molecular complexity index is 1390. The molecule has 3 aromatic carbocycles. The van der Waals surface area contributed by atoms with Gasteiger partial charge in [0.05, 0.1) is 23.4 Å². The molecule has 5 heteroatoms. The van der Waals surface area contributed by atoms with E-state index in [2.05, 4.69) is 84.6 Å². The highest BCUT2D eigenvalue weighted by Crippen LogP contribution is 2.32. The number of anilines is 2. The first kappa shape index (κ1) is 26.7. The number of rotatable bonds is 9. The number of para-hydroxylation sites is 1. The van der Waals surface area contributed by atoms with Crippen molar-refractivity contribution in [2.75, 3.05) is 37.0 Å². The van der Waals surface area contributed by atoms with Gasteiger partial charge >= 0.3 is 5.97 Å². The number of carbonyl (C=O) groups is 1. The molecule has 1 aromatic heterocycles. The van der Waals surface area contributed by atoms with Gasteiger partial charge in [0.15, 0.2) is 0 Å². The molecule has 0 unspecified atom stereocenters. The van der Waals surface area contributed by atoms with Gasteiger partial charge in [-0.05, 0) is 66.6 Å². The maximum Gasteiger partial charge on any atom is 0.339 e. The van der Waals surface area contributed by atoms with Crippen LogP contribution >= 0.6 is 0 Å². The average Bonchev–Trinajstić information content (AvgIpc) is 2.97. The Balaban J connectivity index is 1.42. The second-order valence-electron chi connectivity index (χ2n) is 10.8. The van der Waals surface area contributed by atoms with Crippen LogP contribution in [0.5, 0.6) is 0 Å². The summed E-state index contributed by atoms with van der Waals surface area (Å²) in [7, 11) is 4.13. The fourth-order valence-electron chi connectivity index (χ4n) is 5.63. The fraction of sp³-hybridized carbons (Fsp3) is 0.353. The van der Waals surface area contributed by atoms with Crippen molar-refractivity contribution in [1.29, 1.82) is 0 Å². The van der Waals surface area contributed by atoms with Gasteiger partial charge in [0.2, 0.25) is 0 Å². The molecule has 0 N–H and O–H groups in total. The van der Waals surface area contributed by atoms with Crippen LogP contribution < -0.4 is 9.80 Å². The Kier molecular flexibility index (Phi) is 8.45. The number of nitrogens with zero attached hydrogens (tertiary/aromatic N) is 3. The second-order valence-corrected chi connectivity index (χ2v) is 10.8. The summed E-state index contributed by atoms with van der Waals surface area (Å²) >= 11 is 0. The zero-order valence-electron chi connectivity index (χ0n) is 23.4. The van der Waals surface area contributed by atoms with Crippen LogP contribution in [-0.4, -0.2) is 38.2 Å². The highest BCUT2D eigenvalue weighted by Gasteiger charge is 2.20. The maximum atomic E-state index is 12.3. The zero-order chi connectivity index (χ0) is 27.2. The molecule has 1 saturated carbocycles. The first-order valence-electron chi connectivity index (χ1n) is 14.2. The predicted molar refractivity (Wildman–Crippen MR) is 162 cm³/mol. The highest BCUT2D eigenvalue weighted by atomic mass is 16.5. The van der Waals surface area contributed by atoms with Crippen molar-refractivity contribution in [3.05, 3.63) is 90.1 Å². The van der Waals surface area contributed by atoms with Crippen molar-refractivity contribution in [2.45, 2.75) is 45.6 Å². The van der Waals surface area contributed by atoms with Crippen LogP contribution in [0.1, 0.15) is 54.9 Å². The molecule has 5 nitrogen and oxygen atoms in total. The SMILES string of the molecule is CCOC(=O)c1cnc2c(N(Cc3ccc(-c4ccc(N(C)C)cc4)cc3)CC3CCCCC3)cccc2c1. The van der Waals surface area contributed by atoms with Crippen molar-refractivity contribution in [3.8, 4) is 11.1 Å². The molecule has 1 aliphatic carbocycles. The number of hydrogen-bond acceptors (Lipinski definition) is 5. The summed E-state index contributed by atoms with van der Waals surface area (Å²) in [6, 6.07) is 25.8. The normalized spacial score (nSPS) is 13.8. The van der Waals surface area contributed by atoms with E-state index in [9.17, 15) is 4.79 Å². The average molecular weight is 522 g/mol. The Hall–Kier alpha value is -3.86. The molecule has 4 aromatic rings. The van der Waals surface area contributed by atoms with Gasteiger partial charge in [-0.2, -0.15) is 0 Å². The van der Waals surface area contributed by atoms with Gasteiger partial charge < -0.3 is 14.5 Å². The lowest BCUT2D eigenvalue weighted by molar-refractivity contribution is 0.0526. The number of pyridine rings is 1. The quantitative estimate of drug-likeness (QED) is 0.211. The molecule has 0 saturated heterocycles. The predicted octanol–water partition coefficient (Wildman–Crippen LogP) is 7.73. The zero-order valence-corrected chi connectivity index (χ0v) is 23.4. The molecule has 5 rings (SSSR count). The molecule has 0 bridgehead atoms. The second kappa shape index (κ2) is 12.3. The summed E-state index contributed by atoms with van der Waals surface area (Å²) < 4.78 is 5.20. The number of carbonyl (C=O) groups excluding carboxylic acids is 1. The summed E-state index contributed by atoms with van der Waals surface area (Å²) in [5, 5.41) is 0.961. The van der Waals surface area contributed by atoms with Crippen molar-refractivity contribution in [3.63, 3.8) is 0 Å². The van der Waals surface area contributed by atoms with E-state index in [4.69, 9.17) is 9.72 Å². The smallest absolute Gasteiger partial charge is 0.339 e. The van der Waals surface area contributed by atoms with E-state index in [1.54, 1.807) is 6.20 Å². The van der Waals surface area contributed by atoms with Crippen LogP contribution in [0.15, 0.2) is 79.0 Å². The third-order valence-electron chi connectivity index (χ3n) is 7.79. The molecule has 0 aliphatic heterocycles. The summed E-state index contributed by atoms with van der Waals surface area (Å²) in [4.78, 5) is 21.7. The molecule has 0 spiro atoms. The van der Waals surface area contributed by atoms with E-state index in [0.29, 0.717) is 18.1 Å². The minimum atomic E-state index is -0.326. The summed E-state index contributed by atoms with van der Waals surface area (Å²) in [5.74, 6) is 0.357. The minimum absolute atomic E-state index is 0.326. The van der Waals surface area contributed by atoms with E-state index in [-0.39, 0.29) is 5.97 Å². The minimum Gasteiger partial charge on any atom is -0.462 e. The van der Waals surface area contributed by atoms with Crippen molar-refractivity contribution < 1.29 is 9.53 Å². The standard InChI is InChI=1S/C34H39N3O2/c1-4-39-34(38)30-21-29-11-8-12-32(33(29)35-22-30)37(23-25-9-6-5-7-10-25)24-26-13-15-27(16-14-26)28-17-19-31(20-18-28)36(2)3/h8,11-22,25H,4-7,9-10,23-24H2,1-3H3. The van der Waals surface area contributed by atoms with Gasteiger partial charge in [0, 0.05) is 44.5 Å². The number of aromatic nitrogens is 1. The lowest BCUT2D eigenvalue weighted by atomic mass is 9.88. The van der Waals surface area contributed by atoms with Gasteiger partial charge in [0.1, 0.15) is 0 Å². The Morgan fingerprint density at radius 3 is 2.28 bits per heavy atom. The summed E-state index contributed by atoms with van der Waals surface area (Å²) in [5.41, 5.74) is 7.47. The summed E-state index contributed by atoms with van der Waals surface area (Å²) in [6.07, 6.45) is 8.19. The van der Waals surface area contributed by atoms with E-state index in [1.807, 2.05) is 19.1 Å². The van der Waals surface area contributed by atoms with Gasteiger partial charge in [-0.25, -0.2) is 4.79 Å². The Morgan fingerprint density at radius 2 is 1.62 bits per heavy atom. The first-order valence-corrected chi connectivity index (χ1v) is 14.2. The van der Waals surface area contributed by atoms with Gasteiger partial charge in [-0.1, -0.05) is 67.8 Å². The number of esters is 1. The molecule has 1 fully saturated rings. The van der Waals surface area contributed by atoms with Crippen LogP contribution in [0, 0.1) is 5.92 Å². The molecule has 202 valence electrons. The number of benzene rings is 3. The maximum absolute atomic E-state index is 12.3. The van der Waals surface area contributed by atoms with Gasteiger partial charge in [-0.3, -0.25) is 4.98 Å². The third kappa shape index (κ3) is 6.42. The topological polar surface area (TPSA) is 45.7 Å². The van der Waals surface area contributed by atoms with Crippen molar-refractivity contribution in [1.82, 2.24) is 4.98 Å². The lowest BCUT2D eigenvalue weighted by Crippen LogP contribution is -2.30. The fourth-order valence-corrected chi connectivity index (χ4v) is 5.63. The van der Waals surface area contributed by atoms with Gasteiger partial charge in [0.25, 0.3) is 0 Å². The van der Waals surface area contributed by atoms with Crippen LogP contribution in [0.3, 0.4) is 0 Å². The molecule has 1 heterocycles. The molecule has 0 radical (unpaired) electrons. The van der Waals surface area contributed by atoms with Crippen LogP contribution in [0.2, 0.25) is 0 Å².